The molecule has 1 N–H and O–H groups in total. The molecule has 1 aliphatic carbocycles. The number of benzene rings is 1. The fraction of sp³-hybridized carbons (Fsp3) is 0.320. The van der Waals surface area contributed by atoms with Crippen molar-refractivity contribution < 1.29 is 9.21 Å². The zero-order valence-electron chi connectivity index (χ0n) is 18.2. The summed E-state index contributed by atoms with van der Waals surface area (Å²) in [6.45, 7) is 0. The summed E-state index contributed by atoms with van der Waals surface area (Å²) in [5, 5.41) is 11.6. The minimum absolute atomic E-state index is 0.0161. The van der Waals surface area contributed by atoms with Crippen LogP contribution in [0, 0.1) is 0 Å². The van der Waals surface area contributed by atoms with Gasteiger partial charge in [0.2, 0.25) is 17.7 Å². The summed E-state index contributed by atoms with van der Waals surface area (Å²) in [7, 11) is 0. The van der Waals surface area contributed by atoms with Crippen molar-refractivity contribution in [3.63, 3.8) is 0 Å². The molecule has 3 heterocycles. The Kier molecular flexibility index (Phi) is 5.97. The molecule has 0 atom stereocenters. The maximum absolute atomic E-state index is 12.5. The topological polar surface area (TPSA) is 102 Å². The van der Waals surface area contributed by atoms with Gasteiger partial charge in [-0.15, -0.1) is 10.2 Å². The number of rotatable bonds is 6. The van der Waals surface area contributed by atoms with E-state index in [2.05, 4.69) is 20.5 Å². The van der Waals surface area contributed by atoms with Gasteiger partial charge in [-0.1, -0.05) is 24.3 Å². The van der Waals surface area contributed by atoms with Crippen LogP contribution in [0.1, 0.15) is 49.6 Å². The Balaban J connectivity index is 1.11. The average molecular weight is 444 g/mol. The van der Waals surface area contributed by atoms with Crippen LogP contribution in [-0.2, 0) is 11.2 Å². The second kappa shape index (κ2) is 9.36. The van der Waals surface area contributed by atoms with Gasteiger partial charge in [0.05, 0.1) is 0 Å². The van der Waals surface area contributed by atoms with E-state index >= 15 is 0 Å². The first-order valence-electron chi connectivity index (χ1n) is 11.3. The van der Waals surface area contributed by atoms with Crippen molar-refractivity contribution in [1.29, 1.82) is 0 Å². The van der Waals surface area contributed by atoms with Crippen LogP contribution in [-0.4, -0.2) is 31.5 Å². The third-order valence-electron chi connectivity index (χ3n) is 6.14. The quantitative estimate of drug-likeness (QED) is 0.489. The predicted octanol–water partition coefficient (Wildman–Crippen LogP) is 3.52. The molecule has 4 aromatic rings. The van der Waals surface area contributed by atoms with Crippen LogP contribution in [0.4, 0.5) is 0 Å². The molecule has 1 saturated carbocycles. The molecule has 1 amide bonds. The Bertz CT molecular complexity index is 1310. The van der Waals surface area contributed by atoms with Crippen LogP contribution in [0.5, 0.6) is 0 Å². The van der Waals surface area contributed by atoms with E-state index in [9.17, 15) is 9.59 Å². The van der Waals surface area contributed by atoms with Crippen molar-refractivity contribution in [2.24, 2.45) is 0 Å². The zero-order valence-corrected chi connectivity index (χ0v) is 18.2. The van der Waals surface area contributed by atoms with Gasteiger partial charge in [0.1, 0.15) is 5.65 Å². The summed E-state index contributed by atoms with van der Waals surface area (Å²) in [6, 6.07) is 16.8. The standard InChI is InChI=1S/C25H25N5O3/c31-22(14-13-20-16-23(32)30-15-5-4-8-21(30)26-20)27-19-11-9-18(10-12-19)25-29-28-24(33-25)17-6-2-1-3-7-17/h1-8,15-16,18-19H,9-14H2,(H,27,31). The summed E-state index contributed by atoms with van der Waals surface area (Å²) in [6.07, 6.45) is 5.96. The summed E-state index contributed by atoms with van der Waals surface area (Å²) in [5.41, 5.74) is 2.01. The van der Waals surface area contributed by atoms with E-state index in [1.165, 1.54) is 10.5 Å². The van der Waals surface area contributed by atoms with Crippen molar-refractivity contribution in [2.45, 2.75) is 50.5 Å². The normalized spacial score (nSPS) is 18.3. The van der Waals surface area contributed by atoms with E-state index < -0.39 is 0 Å². The lowest BCUT2D eigenvalue weighted by Gasteiger charge is -2.27. The van der Waals surface area contributed by atoms with Gasteiger partial charge >= 0.3 is 0 Å². The Morgan fingerprint density at radius 1 is 1.03 bits per heavy atom. The van der Waals surface area contributed by atoms with Crippen molar-refractivity contribution in [1.82, 2.24) is 24.9 Å². The largest absolute Gasteiger partial charge is 0.420 e. The fourth-order valence-electron chi connectivity index (χ4n) is 4.35. The Labute approximate surface area is 190 Å². The molecule has 0 spiro atoms. The molecular formula is C25H25N5O3. The first kappa shape index (κ1) is 21.1. The van der Waals surface area contributed by atoms with Crippen LogP contribution < -0.4 is 10.9 Å². The number of carbonyl (C=O) groups is 1. The highest BCUT2D eigenvalue weighted by Crippen LogP contribution is 2.33. The smallest absolute Gasteiger partial charge is 0.258 e. The van der Waals surface area contributed by atoms with Crippen molar-refractivity contribution >= 4 is 11.6 Å². The Morgan fingerprint density at radius 3 is 2.64 bits per heavy atom. The highest BCUT2D eigenvalue weighted by atomic mass is 16.4. The number of hydrogen-bond acceptors (Lipinski definition) is 6. The van der Waals surface area contributed by atoms with Crippen molar-refractivity contribution in [3.05, 3.63) is 82.7 Å². The highest BCUT2D eigenvalue weighted by molar-refractivity contribution is 5.76. The average Bonchev–Trinajstić information content (AvgIpc) is 3.34. The molecule has 3 aromatic heterocycles. The Hall–Kier alpha value is -3.81. The fourth-order valence-corrected chi connectivity index (χ4v) is 4.35. The SMILES string of the molecule is O=C(CCc1cc(=O)n2ccccc2n1)NC1CCC(c2nnc(-c3ccccc3)o2)CC1. The minimum Gasteiger partial charge on any atom is -0.420 e. The van der Waals surface area contributed by atoms with Crippen LogP contribution in [0.15, 0.2) is 70.0 Å². The van der Waals surface area contributed by atoms with E-state index in [1.54, 1.807) is 18.3 Å². The molecule has 168 valence electrons. The summed E-state index contributed by atoms with van der Waals surface area (Å²) in [4.78, 5) is 29.2. The molecule has 8 heteroatoms. The lowest BCUT2D eigenvalue weighted by Crippen LogP contribution is -2.37. The van der Waals surface area contributed by atoms with E-state index in [0.717, 1.165) is 31.2 Å². The van der Waals surface area contributed by atoms with E-state index in [1.807, 2.05) is 36.4 Å². The number of hydrogen-bond donors (Lipinski definition) is 1. The van der Waals surface area contributed by atoms with Gasteiger partial charge < -0.3 is 9.73 Å². The van der Waals surface area contributed by atoms with Crippen molar-refractivity contribution in [2.75, 3.05) is 0 Å². The van der Waals surface area contributed by atoms with Gasteiger partial charge in [0.15, 0.2) is 0 Å². The van der Waals surface area contributed by atoms with E-state index in [0.29, 0.717) is 36.0 Å². The molecule has 5 rings (SSSR count). The van der Waals surface area contributed by atoms with Gasteiger partial charge in [-0.3, -0.25) is 14.0 Å². The number of aryl methyl sites for hydroxylation is 1. The van der Waals surface area contributed by atoms with Crippen molar-refractivity contribution in [3.8, 4) is 11.5 Å². The van der Waals surface area contributed by atoms with Gasteiger partial charge in [-0.2, -0.15) is 0 Å². The molecule has 0 radical (unpaired) electrons. The second-order valence-corrected chi connectivity index (χ2v) is 8.44. The molecule has 1 aliphatic rings. The summed E-state index contributed by atoms with van der Waals surface area (Å²) < 4.78 is 7.40. The van der Waals surface area contributed by atoms with Crippen LogP contribution in [0.25, 0.3) is 17.1 Å². The number of pyridine rings is 1. The number of nitrogens with zero attached hydrogens (tertiary/aromatic N) is 4. The molecule has 0 aliphatic heterocycles. The highest BCUT2D eigenvalue weighted by Gasteiger charge is 2.27. The molecule has 0 bridgehead atoms. The zero-order chi connectivity index (χ0) is 22.6. The molecule has 0 saturated heterocycles. The lowest BCUT2D eigenvalue weighted by atomic mass is 9.86. The maximum atomic E-state index is 12.5. The van der Waals surface area contributed by atoms with E-state index in [4.69, 9.17) is 4.42 Å². The van der Waals surface area contributed by atoms with Gasteiger partial charge in [-0.05, 0) is 56.4 Å². The Morgan fingerprint density at radius 2 is 1.82 bits per heavy atom. The minimum atomic E-state index is -0.134. The maximum Gasteiger partial charge on any atom is 0.258 e. The first-order valence-corrected chi connectivity index (χ1v) is 11.3. The third-order valence-corrected chi connectivity index (χ3v) is 6.14. The summed E-state index contributed by atoms with van der Waals surface area (Å²) in [5.74, 6) is 1.42. The number of nitrogens with one attached hydrogen (secondary N) is 1. The van der Waals surface area contributed by atoms with Gasteiger partial charge in [0.25, 0.3) is 5.56 Å². The number of carbonyl (C=O) groups excluding carboxylic acids is 1. The molecule has 1 fully saturated rings. The number of aromatic nitrogens is 4. The monoisotopic (exact) mass is 443 g/mol. The molecular weight excluding hydrogens is 418 g/mol. The van der Waals surface area contributed by atoms with Gasteiger partial charge in [0, 0.05) is 41.9 Å². The van der Waals surface area contributed by atoms with E-state index in [-0.39, 0.29) is 23.4 Å². The van der Waals surface area contributed by atoms with Gasteiger partial charge in [-0.25, -0.2) is 4.98 Å². The summed E-state index contributed by atoms with van der Waals surface area (Å²) >= 11 is 0. The molecule has 33 heavy (non-hydrogen) atoms. The number of fused-ring (bicyclic) bond motifs is 1. The second-order valence-electron chi connectivity index (χ2n) is 8.44. The molecule has 0 unspecified atom stereocenters. The third kappa shape index (κ3) is 4.84. The number of amides is 1. The molecule has 1 aromatic carbocycles. The lowest BCUT2D eigenvalue weighted by molar-refractivity contribution is -0.122. The van der Waals surface area contributed by atoms with Crippen LogP contribution in [0.2, 0.25) is 0 Å². The molecule has 8 nitrogen and oxygen atoms in total. The van der Waals surface area contributed by atoms with Crippen LogP contribution >= 0.6 is 0 Å². The van der Waals surface area contributed by atoms with Crippen LogP contribution in [0.3, 0.4) is 0 Å². The predicted molar refractivity (Wildman–Crippen MR) is 123 cm³/mol. The first-order chi connectivity index (χ1) is 16.2.